The van der Waals surface area contributed by atoms with Crippen molar-refractivity contribution in [2.75, 3.05) is 0 Å². The van der Waals surface area contributed by atoms with Gasteiger partial charge >= 0.3 is 6.18 Å². The molecule has 1 rings (SSSR count). The zero-order chi connectivity index (χ0) is 11.5. The van der Waals surface area contributed by atoms with Gasteiger partial charge in [0.15, 0.2) is 5.11 Å². The van der Waals surface area contributed by atoms with Crippen molar-refractivity contribution >= 4 is 23.0 Å². The summed E-state index contributed by atoms with van der Waals surface area (Å²) in [6, 6.07) is 0. The maximum atomic E-state index is 12.3. The van der Waals surface area contributed by atoms with Crippen molar-refractivity contribution in [3.05, 3.63) is 0 Å². The SMILES string of the molecule is NC(=S)NN=C1CCC(C(F)(F)F)CC1. The van der Waals surface area contributed by atoms with Crippen molar-refractivity contribution in [1.29, 1.82) is 0 Å². The van der Waals surface area contributed by atoms with E-state index in [1.54, 1.807) is 0 Å². The van der Waals surface area contributed by atoms with E-state index in [1.807, 2.05) is 0 Å². The first-order valence-corrected chi connectivity index (χ1v) is 4.98. The summed E-state index contributed by atoms with van der Waals surface area (Å²) in [4.78, 5) is 0. The molecule has 7 heteroatoms. The fourth-order valence-electron chi connectivity index (χ4n) is 1.52. The Morgan fingerprint density at radius 3 is 2.33 bits per heavy atom. The van der Waals surface area contributed by atoms with Crippen LogP contribution < -0.4 is 11.2 Å². The fraction of sp³-hybridized carbons (Fsp3) is 0.750. The highest BCUT2D eigenvalue weighted by atomic mass is 32.1. The molecule has 0 radical (unpaired) electrons. The lowest BCUT2D eigenvalue weighted by Crippen LogP contribution is -2.30. The van der Waals surface area contributed by atoms with Crippen LogP contribution >= 0.6 is 12.2 Å². The molecule has 3 N–H and O–H groups in total. The van der Waals surface area contributed by atoms with Gasteiger partial charge in [-0.15, -0.1) is 0 Å². The normalized spacial score (nSPS) is 22.3. The largest absolute Gasteiger partial charge is 0.391 e. The van der Waals surface area contributed by atoms with E-state index < -0.39 is 12.1 Å². The van der Waals surface area contributed by atoms with Gasteiger partial charge in [-0.05, 0) is 37.9 Å². The number of nitrogens with one attached hydrogen (secondary N) is 1. The summed E-state index contributed by atoms with van der Waals surface area (Å²) in [5.74, 6) is -1.19. The van der Waals surface area contributed by atoms with E-state index in [-0.39, 0.29) is 18.0 Å². The minimum Gasteiger partial charge on any atom is -0.375 e. The van der Waals surface area contributed by atoms with Gasteiger partial charge in [0.05, 0.1) is 5.92 Å². The molecule has 0 unspecified atom stereocenters. The van der Waals surface area contributed by atoms with Gasteiger partial charge in [-0.2, -0.15) is 18.3 Å². The number of thiocarbonyl (C=S) groups is 1. The van der Waals surface area contributed by atoms with Gasteiger partial charge in [0.25, 0.3) is 0 Å². The molecule has 0 aromatic rings. The summed E-state index contributed by atoms with van der Waals surface area (Å²) in [6.45, 7) is 0. The lowest BCUT2D eigenvalue weighted by atomic mass is 9.87. The molecule has 0 atom stereocenters. The van der Waals surface area contributed by atoms with Gasteiger partial charge in [-0.25, -0.2) is 0 Å². The number of halogens is 3. The number of hydrogen-bond acceptors (Lipinski definition) is 2. The maximum absolute atomic E-state index is 12.3. The third kappa shape index (κ3) is 4.03. The Morgan fingerprint density at radius 1 is 1.40 bits per heavy atom. The smallest absolute Gasteiger partial charge is 0.375 e. The Labute approximate surface area is 90.9 Å². The average Bonchev–Trinajstić information content (AvgIpc) is 2.14. The van der Waals surface area contributed by atoms with Gasteiger partial charge in [-0.1, -0.05) is 0 Å². The van der Waals surface area contributed by atoms with Crippen molar-refractivity contribution in [3.8, 4) is 0 Å². The summed E-state index contributed by atoms with van der Waals surface area (Å²) in [5, 5.41) is 3.86. The molecular formula is C8H12F3N3S. The zero-order valence-corrected chi connectivity index (χ0v) is 8.79. The predicted molar refractivity (Wildman–Crippen MR) is 55.4 cm³/mol. The van der Waals surface area contributed by atoms with Gasteiger partial charge in [0, 0.05) is 5.71 Å². The molecule has 0 spiro atoms. The molecular weight excluding hydrogens is 227 g/mol. The van der Waals surface area contributed by atoms with E-state index in [0.29, 0.717) is 18.6 Å². The first kappa shape index (κ1) is 12.2. The zero-order valence-electron chi connectivity index (χ0n) is 7.97. The quantitative estimate of drug-likeness (QED) is 0.543. The van der Waals surface area contributed by atoms with Crippen molar-refractivity contribution in [2.24, 2.45) is 16.8 Å². The average molecular weight is 239 g/mol. The molecule has 86 valence electrons. The van der Waals surface area contributed by atoms with Crippen LogP contribution in [0.2, 0.25) is 0 Å². The molecule has 1 saturated carbocycles. The first-order chi connectivity index (χ1) is 6.89. The Hall–Kier alpha value is -0.850. The van der Waals surface area contributed by atoms with Crippen LogP contribution in [-0.4, -0.2) is 17.0 Å². The number of hydrazone groups is 1. The van der Waals surface area contributed by atoms with E-state index in [2.05, 4.69) is 22.7 Å². The highest BCUT2D eigenvalue weighted by molar-refractivity contribution is 7.80. The van der Waals surface area contributed by atoms with Crippen LogP contribution in [-0.2, 0) is 0 Å². The second-order valence-corrected chi connectivity index (χ2v) is 3.91. The van der Waals surface area contributed by atoms with E-state index in [0.717, 1.165) is 0 Å². The molecule has 1 aliphatic rings. The third-order valence-electron chi connectivity index (χ3n) is 2.35. The summed E-state index contributed by atoms with van der Waals surface area (Å²) in [6.07, 6.45) is -3.19. The molecule has 3 nitrogen and oxygen atoms in total. The van der Waals surface area contributed by atoms with Crippen molar-refractivity contribution < 1.29 is 13.2 Å². The monoisotopic (exact) mass is 239 g/mol. The van der Waals surface area contributed by atoms with Crippen LogP contribution in [0.4, 0.5) is 13.2 Å². The number of nitrogens with two attached hydrogens (primary N) is 1. The molecule has 0 amide bonds. The topological polar surface area (TPSA) is 50.4 Å². The highest BCUT2D eigenvalue weighted by Gasteiger charge is 2.40. The first-order valence-electron chi connectivity index (χ1n) is 4.57. The van der Waals surface area contributed by atoms with Gasteiger partial charge < -0.3 is 5.73 Å². The molecule has 0 heterocycles. The molecule has 0 aromatic heterocycles. The second-order valence-electron chi connectivity index (χ2n) is 3.47. The summed E-state index contributed by atoms with van der Waals surface area (Å²) in [5.41, 5.74) is 8.22. The number of rotatable bonds is 1. The van der Waals surface area contributed by atoms with E-state index >= 15 is 0 Å². The van der Waals surface area contributed by atoms with Crippen LogP contribution in [0.1, 0.15) is 25.7 Å². The van der Waals surface area contributed by atoms with Crippen LogP contribution in [0.3, 0.4) is 0 Å². The molecule has 0 aliphatic heterocycles. The maximum Gasteiger partial charge on any atom is 0.391 e. The molecule has 0 saturated heterocycles. The van der Waals surface area contributed by atoms with Crippen molar-refractivity contribution in [2.45, 2.75) is 31.9 Å². The van der Waals surface area contributed by atoms with E-state index in [9.17, 15) is 13.2 Å². The highest BCUT2D eigenvalue weighted by Crippen LogP contribution is 2.36. The third-order valence-corrected chi connectivity index (χ3v) is 2.44. The van der Waals surface area contributed by atoms with Gasteiger partial charge in [0.2, 0.25) is 0 Å². The fourth-order valence-corrected chi connectivity index (χ4v) is 1.57. The summed E-state index contributed by atoms with van der Waals surface area (Å²) in [7, 11) is 0. The Morgan fingerprint density at radius 2 is 1.93 bits per heavy atom. The van der Waals surface area contributed by atoms with Crippen LogP contribution in [0.25, 0.3) is 0 Å². The number of hydrogen-bond donors (Lipinski definition) is 2. The lowest BCUT2D eigenvalue weighted by Gasteiger charge is -2.24. The predicted octanol–water partition coefficient (Wildman–Crippen LogP) is 1.93. The lowest BCUT2D eigenvalue weighted by molar-refractivity contribution is -0.178. The van der Waals surface area contributed by atoms with Gasteiger partial charge in [0.1, 0.15) is 0 Å². The Kier molecular flexibility index (Phi) is 3.90. The Balaban J connectivity index is 2.42. The van der Waals surface area contributed by atoms with Crippen LogP contribution in [0.15, 0.2) is 5.10 Å². The van der Waals surface area contributed by atoms with E-state index in [1.165, 1.54) is 0 Å². The van der Waals surface area contributed by atoms with Crippen LogP contribution in [0, 0.1) is 5.92 Å². The molecule has 1 fully saturated rings. The van der Waals surface area contributed by atoms with Gasteiger partial charge in [-0.3, -0.25) is 5.43 Å². The standard InChI is InChI=1S/C8H12F3N3S/c9-8(10,11)5-1-3-6(4-2-5)13-14-7(12)15/h5H,1-4H2,(H3,12,14,15). The molecule has 0 aromatic carbocycles. The Bertz CT molecular complexity index is 265. The minimum atomic E-state index is -4.08. The second kappa shape index (κ2) is 4.78. The molecule has 1 aliphatic carbocycles. The molecule has 0 bridgehead atoms. The van der Waals surface area contributed by atoms with E-state index in [4.69, 9.17) is 5.73 Å². The minimum absolute atomic E-state index is 0.0282. The van der Waals surface area contributed by atoms with Crippen molar-refractivity contribution in [3.63, 3.8) is 0 Å². The summed E-state index contributed by atoms with van der Waals surface area (Å²) >= 11 is 4.53. The number of alkyl halides is 3. The molecule has 15 heavy (non-hydrogen) atoms. The number of nitrogens with zero attached hydrogens (tertiary/aromatic N) is 1. The van der Waals surface area contributed by atoms with Crippen LogP contribution in [0.5, 0.6) is 0 Å². The van der Waals surface area contributed by atoms with Crippen molar-refractivity contribution in [1.82, 2.24) is 5.43 Å². The summed E-state index contributed by atoms with van der Waals surface area (Å²) < 4.78 is 36.9.